The molecule has 12 nitrogen and oxygen atoms in total. The van der Waals surface area contributed by atoms with Crippen LogP contribution in [-0.4, -0.2) is 58.3 Å². The van der Waals surface area contributed by atoms with Crippen molar-refractivity contribution >= 4 is 29.6 Å². The number of esters is 3. The molecule has 0 aliphatic carbocycles. The molecule has 1 fully saturated rings. The number of imidazole rings is 1. The van der Waals surface area contributed by atoms with Crippen molar-refractivity contribution in [2.45, 2.75) is 45.3 Å². The van der Waals surface area contributed by atoms with Crippen LogP contribution < -0.4 is 11.5 Å². The summed E-state index contributed by atoms with van der Waals surface area (Å²) in [5.41, 5.74) is 10.9. The van der Waals surface area contributed by atoms with Gasteiger partial charge < -0.3 is 30.4 Å². The molecule has 27 heavy (non-hydrogen) atoms. The Kier molecular flexibility index (Phi) is 6.00. The number of anilines is 1. The van der Waals surface area contributed by atoms with E-state index in [9.17, 15) is 19.2 Å². The van der Waals surface area contributed by atoms with Crippen LogP contribution in [0, 0.1) is 0 Å². The van der Waals surface area contributed by atoms with Crippen molar-refractivity contribution in [1.29, 1.82) is 0 Å². The topological polar surface area (TPSA) is 175 Å². The number of nitrogens with zero attached hydrogens (tertiary/aromatic N) is 2. The van der Waals surface area contributed by atoms with Crippen LogP contribution in [0.15, 0.2) is 6.33 Å². The van der Waals surface area contributed by atoms with Gasteiger partial charge in [0.25, 0.3) is 5.91 Å². The number of hydrogen-bond donors (Lipinski definition) is 2. The van der Waals surface area contributed by atoms with E-state index < -0.39 is 48.4 Å². The van der Waals surface area contributed by atoms with Crippen LogP contribution >= 0.6 is 0 Å². The lowest BCUT2D eigenvalue weighted by Gasteiger charge is -2.24. The molecule has 1 aliphatic rings. The largest absolute Gasteiger partial charge is 0.463 e. The highest BCUT2D eigenvalue weighted by Crippen LogP contribution is 2.36. The minimum absolute atomic E-state index is 0.126. The maximum atomic E-state index is 11.5. The van der Waals surface area contributed by atoms with Gasteiger partial charge in [-0.25, -0.2) is 4.98 Å². The first-order valence-corrected chi connectivity index (χ1v) is 7.87. The van der Waals surface area contributed by atoms with Gasteiger partial charge in [-0.15, -0.1) is 0 Å². The number of aromatic nitrogens is 2. The highest BCUT2D eigenvalue weighted by molar-refractivity contribution is 5.95. The molecule has 1 aromatic heterocycles. The van der Waals surface area contributed by atoms with Gasteiger partial charge in [0.05, 0.1) is 6.33 Å². The number of rotatable bonds is 6. The zero-order chi connectivity index (χ0) is 20.3. The molecule has 0 bridgehead atoms. The van der Waals surface area contributed by atoms with E-state index in [1.165, 1.54) is 17.8 Å². The minimum Gasteiger partial charge on any atom is -0.463 e. The van der Waals surface area contributed by atoms with E-state index in [1.807, 2.05) is 0 Å². The number of carbonyl (C=O) groups is 4. The number of amides is 1. The van der Waals surface area contributed by atoms with Gasteiger partial charge in [-0.05, 0) is 0 Å². The van der Waals surface area contributed by atoms with E-state index >= 15 is 0 Å². The molecule has 0 aromatic carbocycles. The van der Waals surface area contributed by atoms with Crippen LogP contribution in [0.5, 0.6) is 0 Å². The fourth-order valence-electron chi connectivity index (χ4n) is 2.68. The SMILES string of the molecule is CC(=O)OCC1OC(n2cnc(C(N)=O)c2N)C(OC(C)=O)C1OC(C)=O. The van der Waals surface area contributed by atoms with E-state index in [0.29, 0.717) is 0 Å². The van der Waals surface area contributed by atoms with Gasteiger partial charge in [0.2, 0.25) is 0 Å². The van der Waals surface area contributed by atoms with Gasteiger partial charge in [-0.1, -0.05) is 0 Å². The van der Waals surface area contributed by atoms with Crippen LogP contribution in [0.25, 0.3) is 0 Å². The number of nitrogens with two attached hydrogens (primary N) is 2. The first-order valence-electron chi connectivity index (χ1n) is 7.87. The summed E-state index contributed by atoms with van der Waals surface area (Å²) in [6.45, 7) is 3.26. The molecule has 1 aromatic rings. The van der Waals surface area contributed by atoms with Gasteiger partial charge in [0.1, 0.15) is 18.5 Å². The van der Waals surface area contributed by atoms with Gasteiger partial charge >= 0.3 is 17.9 Å². The number of hydrogen-bond acceptors (Lipinski definition) is 10. The van der Waals surface area contributed by atoms with Crippen LogP contribution in [0.1, 0.15) is 37.5 Å². The third kappa shape index (κ3) is 4.53. The third-order valence-corrected chi connectivity index (χ3v) is 3.68. The Morgan fingerprint density at radius 1 is 1.11 bits per heavy atom. The monoisotopic (exact) mass is 384 g/mol. The molecule has 0 spiro atoms. The maximum Gasteiger partial charge on any atom is 0.303 e. The van der Waals surface area contributed by atoms with Gasteiger partial charge in [-0.2, -0.15) is 0 Å². The molecule has 2 rings (SSSR count). The molecule has 1 amide bonds. The molecular formula is C15H20N4O8. The summed E-state index contributed by atoms with van der Waals surface area (Å²) in [4.78, 5) is 49.3. The predicted molar refractivity (Wildman–Crippen MR) is 86.8 cm³/mol. The Morgan fingerprint density at radius 2 is 1.70 bits per heavy atom. The molecule has 12 heteroatoms. The molecular weight excluding hydrogens is 364 g/mol. The van der Waals surface area contributed by atoms with Crippen molar-refractivity contribution < 1.29 is 38.1 Å². The fraction of sp³-hybridized carbons (Fsp3) is 0.533. The molecule has 1 saturated heterocycles. The predicted octanol–water partition coefficient (Wildman–Crippen LogP) is -1.11. The molecule has 4 atom stereocenters. The maximum absolute atomic E-state index is 11.5. The van der Waals surface area contributed by atoms with E-state index in [0.717, 1.165) is 13.8 Å². The van der Waals surface area contributed by atoms with Crippen molar-refractivity contribution in [2.24, 2.45) is 5.73 Å². The third-order valence-electron chi connectivity index (χ3n) is 3.68. The highest BCUT2D eigenvalue weighted by Gasteiger charge is 2.51. The van der Waals surface area contributed by atoms with Crippen molar-refractivity contribution in [1.82, 2.24) is 9.55 Å². The van der Waals surface area contributed by atoms with Crippen LogP contribution in [0.4, 0.5) is 5.82 Å². The Morgan fingerprint density at radius 3 is 2.19 bits per heavy atom. The first kappa shape index (κ1) is 20.2. The lowest BCUT2D eigenvalue weighted by atomic mass is 10.1. The average Bonchev–Trinajstić information content (AvgIpc) is 3.06. The number of carbonyl (C=O) groups excluding carboxylic acids is 4. The first-order chi connectivity index (χ1) is 12.6. The standard InChI is InChI=1S/C15H20N4O8/c1-6(20)24-4-9-11(25-7(2)21)12(26-8(3)22)15(27-9)19-5-18-10(13(19)16)14(17)23/h5,9,11-12,15H,4,16H2,1-3H3,(H2,17,23). The number of nitrogen functional groups attached to an aromatic ring is 1. The van der Waals surface area contributed by atoms with Crippen molar-refractivity contribution in [3.05, 3.63) is 12.0 Å². The van der Waals surface area contributed by atoms with Crippen molar-refractivity contribution in [2.75, 3.05) is 12.3 Å². The molecule has 4 unspecified atom stereocenters. The summed E-state index contributed by atoms with van der Waals surface area (Å²) >= 11 is 0. The lowest BCUT2D eigenvalue weighted by Crippen LogP contribution is -2.40. The molecule has 1 aliphatic heterocycles. The summed E-state index contributed by atoms with van der Waals surface area (Å²) in [6.07, 6.45) is -3.10. The van der Waals surface area contributed by atoms with Crippen LogP contribution in [-0.2, 0) is 33.3 Å². The quantitative estimate of drug-likeness (QED) is 0.451. The van der Waals surface area contributed by atoms with E-state index in [1.54, 1.807) is 0 Å². The number of ether oxygens (including phenoxy) is 4. The molecule has 0 radical (unpaired) electrons. The minimum atomic E-state index is -1.14. The fourth-order valence-corrected chi connectivity index (χ4v) is 2.68. The second-order valence-electron chi connectivity index (χ2n) is 5.77. The van der Waals surface area contributed by atoms with E-state index in [-0.39, 0.29) is 18.1 Å². The van der Waals surface area contributed by atoms with E-state index in [4.69, 9.17) is 30.4 Å². The van der Waals surface area contributed by atoms with Crippen LogP contribution in [0.2, 0.25) is 0 Å². The Labute approximate surface area is 153 Å². The van der Waals surface area contributed by atoms with Crippen molar-refractivity contribution in [3.63, 3.8) is 0 Å². The summed E-state index contributed by atoms with van der Waals surface area (Å²) < 4.78 is 22.4. The summed E-state index contributed by atoms with van der Waals surface area (Å²) in [6, 6.07) is 0. The Balaban J connectivity index is 2.41. The average molecular weight is 384 g/mol. The molecule has 4 N–H and O–H groups in total. The zero-order valence-electron chi connectivity index (χ0n) is 14.9. The second-order valence-corrected chi connectivity index (χ2v) is 5.77. The van der Waals surface area contributed by atoms with Crippen molar-refractivity contribution in [3.8, 4) is 0 Å². The Hall–Kier alpha value is -3.15. The smallest absolute Gasteiger partial charge is 0.303 e. The van der Waals surface area contributed by atoms with Gasteiger partial charge in [0.15, 0.2) is 24.1 Å². The molecule has 0 saturated carbocycles. The van der Waals surface area contributed by atoms with E-state index in [2.05, 4.69) is 4.98 Å². The van der Waals surface area contributed by atoms with Gasteiger partial charge in [-0.3, -0.25) is 23.7 Å². The zero-order valence-corrected chi connectivity index (χ0v) is 14.9. The summed E-state index contributed by atoms with van der Waals surface area (Å²) in [5.74, 6) is -2.90. The Bertz CT molecular complexity index is 761. The highest BCUT2D eigenvalue weighted by atomic mass is 16.7. The number of primary amides is 1. The summed E-state index contributed by atoms with van der Waals surface area (Å²) in [7, 11) is 0. The van der Waals surface area contributed by atoms with Gasteiger partial charge in [0, 0.05) is 20.8 Å². The second kappa shape index (κ2) is 8.03. The molecule has 2 heterocycles. The lowest BCUT2D eigenvalue weighted by molar-refractivity contribution is -0.166. The van der Waals surface area contributed by atoms with Crippen LogP contribution in [0.3, 0.4) is 0 Å². The molecule has 148 valence electrons. The summed E-state index contributed by atoms with van der Waals surface area (Å²) in [5, 5.41) is 0. The normalized spacial score (nSPS) is 24.3.